The Balaban J connectivity index is 1.72. The first-order chi connectivity index (χ1) is 10.6. The summed E-state index contributed by atoms with van der Waals surface area (Å²) in [5.74, 6) is 0.757. The number of aromatic nitrogens is 1. The van der Waals surface area contributed by atoms with Crippen LogP contribution in [0.3, 0.4) is 0 Å². The lowest BCUT2D eigenvalue weighted by atomic mass is 10.2. The molecule has 0 radical (unpaired) electrons. The number of methoxy groups -OCH3 is 1. The molecular weight excluding hydrogens is 296 g/mol. The molecule has 2 aromatic heterocycles. The van der Waals surface area contributed by atoms with Crippen molar-refractivity contribution in [2.75, 3.05) is 7.11 Å². The van der Waals surface area contributed by atoms with E-state index in [-0.39, 0.29) is 5.91 Å². The van der Waals surface area contributed by atoms with Gasteiger partial charge in [-0.1, -0.05) is 12.1 Å². The van der Waals surface area contributed by atoms with Crippen molar-refractivity contribution in [1.82, 2.24) is 9.88 Å². The largest absolute Gasteiger partial charge is 0.497 e. The van der Waals surface area contributed by atoms with Gasteiger partial charge in [0, 0.05) is 18.5 Å². The highest BCUT2D eigenvalue weighted by Crippen LogP contribution is 2.27. The van der Waals surface area contributed by atoms with Crippen molar-refractivity contribution in [2.45, 2.75) is 13.5 Å². The topological polar surface area (TPSA) is 43.3 Å². The normalized spacial score (nSPS) is 10.9. The van der Waals surface area contributed by atoms with Gasteiger partial charge in [0.25, 0.3) is 5.91 Å². The smallest absolute Gasteiger partial charge is 0.268 e. The second-order valence-electron chi connectivity index (χ2n) is 5.23. The van der Waals surface area contributed by atoms with Crippen LogP contribution in [0.1, 0.15) is 20.9 Å². The number of benzene rings is 1. The Morgan fingerprint density at radius 3 is 2.64 bits per heavy atom. The fraction of sp³-hybridized carbons (Fsp3) is 0.235. The van der Waals surface area contributed by atoms with E-state index in [0.29, 0.717) is 12.2 Å². The first-order valence-corrected chi connectivity index (χ1v) is 7.87. The Hall–Kier alpha value is -2.27. The summed E-state index contributed by atoms with van der Waals surface area (Å²) in [7, 11) is 3.57. The molecule has 114 valence electrons. The number of hydrogen-bond donors (Lipinski definition) is 1. The molecule has 0 atom stereocenters. The number of rotatable bonds is 4. The number of nitrogens with zero attached hydrogens (tertiary/aromatic N) is 1. The molecule has 4 nitrogen and oxygen atoms in total. The Labute approximate surface area is 133 Å². The van der Waals surface area contributed by atoms with Gasteiger partial charge in [-0.2, -0.15) is 0 Å². The number of fused-ring (bicyclic) bond motifs is 1. The van der Waals surface area contributed by atoms with Crippen LogP contribution in [0.25, 0.3) is 10.2 Å². The van der Waals surface area contributed by atoms with E-state index in [0.717, 1.165) is 21.5 Å². The number of ether oxygens (including phenoxy) is 1. The average Bonchev–Trinajstić information content (AvgIpc) is 3.03. The molecule has 0 spiro atoms. The van der Waals surface area contributed by atoms with E-state index in [1.165, 1.54) is 4.88 Å². The predicted octanol–water partition coefficient (Wildman–Crippen LogP) is 3.49. The van der Waals surface area contributed by atoms with E-state index in [2.05, 4.69) is 18.3 Å². The van der Waals surface area contributed by atoms with Gasteiger partial charge in [0.05, 0.1) is 17.3 Å². The van der Waals surface area contributed by atoms with Crippen molar-refractivity contribution in [3.63, 3.8) is 0 Å². The third kappa shape index (κ3) is 2.72. The summed E-state index contributed by atoms with van der Waals surface area (Å²) >= 11 is 1.71. The van der Waals surface area contributed by atoms with E-state index >= 15 is 0 Å². The number of carbonyl (C=O) groups excluding carboxylic acids is 1. The number of thiophene rings is 1. The minimum absolute atomic E-state index is 0.0561. The SMILES string of the molecule is COc1ccc(CNC(=O)c2cc3sc(C)cc3n2C)cc1. The Morgan fingerprint density at radius 1 is 1.27 bits per heavy atom. The maximum absolute atomic E-state index is 12.4. The van der Waals surface area contributed by atoms with Crippen molar-refractivity contribution in [3.8, 4) is 5.75 Å². The number of nitrogens with one attached hydrogen (secondary N) is 1. The summed E-state index contributed by atoms with van der Waals surface area (Å²) in [5, 5.41) is 2.96. The lowest BCUT2D eigenvalue weighted by molar-refractivity contribution is 0.0943. The molecule has 0 saturated carbocycles. The second kappa shape index (κ2) is 5.85. The summed E-state index contributed by atoms with van der Waals surface area (Å²) in [6, 6.07) is 11.8. The first-order valence-electron chi connectivity index (χ1n) is 7.05. The highest BCUT2D eigenvalue weighted by Gasteiger charge is 2.14. The molecule has 0 bridgehead atoms. The standard InChI is InChI=1S/C17H18N2O2S/c1-11-8-14-16(22-11)9-15(19(14)2)17(20)18-10-12-4-6-13(21-3)7-5-12/h4-9H,10H2,1-3H3,(H,18,20). The molecule has 2 heterocycles. The van der Waals surface area contributed by atoms with Crippen molar-refractivity contribution in [2.24, 2.45) is 7.05 Å². The molecule has 0 aliphatic rings. The third-order valence-electron chi connectivity index (χ3n) is 3.70. The van der Waals surface area contributed by atoms with E-state index in [4.69, 9.17) is 4.74 Å². The van der Waals surface area contributed by atoms with Crippen LogP contribution in [-0.4, -0.2) is 17.6 Å². The summed E-state index contributed by atoms with van der Waals surface area (Å²) in [6.07, 6.45) is 0. The van der Waals surface area contributed by atoms with Crippen molar-refractivity contribution in [1.29, 1.82) is 0 Å². The summed E-state index contributed by atoms with van der Waals surface area (Å²) < 4.78 is 8.22. The van der Waals surface area contributed by atoms with Crippen LogP contribution < -0.4 is 10.1 Å². The average molecular weight is 314 g/mol. The van der Waals surface area contributed by atoms with Gasteiger partial charge in [0.1, 0.15) is 11.4 Å². The van der Waals surface area contributed by atoms with Gasteiger partial charge in [0.2, 0.25) is 0 Å². The summed E-state index contributed by atoms with van der Waals surface area (Å²) in [6.45, 7) is 2.58. The van der Waals surface area contributed by atoms with Gasteiger partial charge in [-0.25, -0.2) is 0 Å². The van der Waals surface area contributed by atoms with Gasteiger partial charge >= 0.3 is 0 Å². The molecule has 0 unspecified atom stereocenters. The van der Waals surface area contributed by atoms with E-state index in [1.807, 2.05) is 41.9 Å². The van der Waals surface area contributed by atoms with Gasteiger partial charge < -0.3 is 14.6 Å². The molecule has 0 aliphatic heterocycles. The van der Waals surface area contributed by atoms with Gasteiger partial charge in [-0.3, -0.25) is 4.79 Å². The van der Waals surface area contributed by atoms with E-state index in [1.54, 1.807) is 18.4 Å². The molecule has 1 aromatic carbocycles. The molecule has 3 aromatic rings. The quantitative estimate of drug-likeness (QED) is 0.801. The minimum atomic E-state index is -0.0561. The zero-order valence-corrected chi connectivity index (χ0v) is 13.7. The van der Waals surface area contributed by atoms with Crippen molar-refractivity contribution < 1.29 is 9.53 Å². The molecule has 22 heavy (non-hydrogen) atoms. The fourth-order valence-corrected chi connectivity index (χ4v) is 3.46. The van der Waals surface area contributed by atoms with Gasteiger partial charge in [-0.05, 0) is 36.8 Å². The van der Waals surface area contributed by atoms with Crippen molar-refractivity contribution in [3.05, 3.63) is 52.5 Å². The highest BCUT2D eigenvalue weighted by molar-refractivity contribution is 7.19. The molecular formula is C17H18N2O2S. The van der Waals surface area contributed by atoms with Crippen LogP contribution in [0, 0.1) is 6.92 Å². The summed E-state index contributed by atoms with van der Waals surface area (Å²) in [5.41, 5.74) is 2.84. The van der Waals surface area contributed by atoms with Crippen molar-refractivity contribution >= 4 is 27.5 Å². The molecule has 0 saturated heterocycles. The first kappa shape index (κ1) is 14.7. The van der Waals surface area contributed by atoms with Crippen LogP contribution in [0.2, 0.25) is 0 Å². The Bertz CT molecular complexity index is 815. The number of aryl methyl sites for hydroxylation is 2. The third-order valence-corrected chi connectivity index (χ3v) is 4.69. The number of amides is 1. The molecule has 1 amide bonds. The maximum atomic E-state index is 12.4. The van der Waals surface area contributed by atoms with Crippen LogP contribution in [0.5, 0.6) is 5.75 Å². The van der Waals surface area contributed by atoms with Crippen LogP contribution in [0.15, 0.2) is 36.4 Å². The molecule has 0 aliphatic carbocycles. The van der Waals surface area contributed by atoms with E-state index in [9.17, 15) is 4.79 Å². The lowest BCUT2D eigenvalue weighted by Crippen LogP contribution is -2.24. The molecule has 3 rings (SSSR count). The van der Waals surface area contributed by atoms with E-state index < -0.39 is 0 Å². The molecule has 0 fully saturated rings. The highest BCUT2D eigenvalue weighted by atomic mass is 32.1. The van der Waals surface area contributed by atoms with Gasteiger partial charge in [-0.15, -0.1) is 11.3 Å². The number of carbonyl (C=O) groups is 1. The Morgan fingerprint density at radius 2 is 2.00 bits per heavy atom. The maximum Gasteiger partial charge on any atom is 0.268 e. The second-order valence-corrected chi connectivity index (χ2v) is 6.51. The summed E-state index contributed by atoms with van der Waals surface area (Å²) in [4.78, 5) is 13.6. The van der Waals surface area contributed by atoms with Crippen LogP contribution in [-0.2, 0) is 13.6 Å². The fourth-order valence-electron chi connectivity index (χ4n) is 2.47. The monoisotopic (exact) mass is 314 g/mol. The van der Waals surface area contributed by atoms with Crippen LogP contribution >= 0.6 is 11.3 Å². The number of hydrogen-bond acceptors (Lipinski definition) is 3. The van der Waals surface area contributed by atoms with Gasteiger partial charge in [0.15, 0.2) is 0 Å². The zero-order valence-electron chi connectivity index (χ0n) is 12.8. The lowest BCUT2D eigenvalue weighted by Gasteiger charge is -2.07. The zero-order chi connectivity index (χ0) is 15.7. The Kier molecular flexibility index (Phi) is 3.90. The molecule has 1 N–H and O–H groups in total. The van der Waals surface area contributed by atoms with Crippen LogP contribution in [0.4, 0.5) is 0 Å². The minimum Gasteiger partial charge on any atom is -0.497 e. The molecule has 5 heteroatoms. The predicted molar refractivity (Wildman–Crippen MR) is 89.7 cm³/mol.